The number of aryl methyl sites for hydroxylation is 1. The predicted molar refractivity (Wildman–Crippen MR) is 102 cm³/mol. The molecule has 28 heavy (non-hydrogen) atoms. The number of nitrogens with zero attached hydrogens (tertiary/aromatic N) is 2. The highest BCUT2D eigenvalue weighted by Gasteiger charge is 2.43. The van der Waals surface area contributed by atoms with Gasteiger partial charge < -0.3 is 29.6 Å². The van der Waals surface area contributed by atoms with E-state index in [0.717, 1.165) is 16.6 Å². The van der Waals surface area contributed by atoms with Gasteiger partial charge in [0.2, 0.25) is 5.91 Å². The first kappa shape index (κ1) is 19.3. The number of piperidine rings is 1. The summed E-state index contributed by atoms with van der Waals surface area (Å²) in [7, 11) is 0. The van der Waals surface area contributed by atoms with Crippen molar-refractivity contribution in [3.05, 3.63) is 29.6 Å². The van der Waals surface area contributed by atoms with E-state index in [4.69, 9.17) is 9.47 Å². The van der Waals surface area contributed by atoms with E-state index in [2.05, 4.69) is 9.97 Å². The van der Waals surface area contributed by atoms with E-state index in [9.17, 15) is 15.0 Å². The van der Waals surface area contributed by atoms with Crippen LogP contribution in [0.3, 0.4) is 0 Å². The zero-order valence-corrected chi connectivity index (χ0v) is 16.1. The monoisotopic (exact) mass is 389 g/mol. The zero-order valence-electron chi connectivity index (χ0n) is 16.1. The summed E-state index contributed by atoms with van der Waals surface area (Å²) in [5.41, 5.74) is 2.58. The minimum absolute atomic E-state index is 0.00523. The van der Waals surface area contributed by atoms with E-state index >= 15 is 0 Å². The van der Waals surface area contributed by atoms with Crippen LogP contribution in [-0.4, -0.2) is 75.1 Å². The summed E-state index contributed by atoms with van der Waals surface area (Å²) in [5, 5.41) is 19.5. The fourth-order valence-corrected chi connectivity index (χ4v) is 4.03. The van der Waals surface area contributed by atoms with E-state index in [1.807, 2.05) is 25.1 Å². The number of aliphatic hydroxyl groups is 2. The molecular formula is C20H27N3O5. The molecule has 0 unspecified atom stereocenters. The maximum Gasteiger partial charge on any atom is 0.248 e. The van der Waals surface area contributed by atoms with Crippen LogP contribution in [-0.2, 0) is 20.9 Å². The number of rotatable bonds is 4. The number of aromatic nitrogens is 2. The number of H-pyrrole nitrogens is 1. The molecule has 0 aliphatic carbocycles. The molecule has 2 atom stereocenters. The summed E-state index contributed by atoms with van der Waals surface area (Å²) in [4.78, 5) is 21.9. The summed E-state index contributed by atoms with van der Waals surface area (Å²) in [6.07, 6.45) is 0.155. The first-order valence-electron chi connectivity index (χ1n) is 9.75. The fourth-order valence-electron chi connectivity index (χ4n) is 4.03. The van der Waals surface area contributed by atoms with Gasteiger partial charge in [0.05, 0.1) is 29.3 Å². The molecule has 8 heteroatoms. The van der Waals surface area contributed by atoms with Gasteiger partial charge in [0, 0.05) is 19.5 Å². The molecule has 4 rings (SSSR count). The molecule has 2 aromatic rings. The highest BCUT2D eigenvalue weighted by Crippen LogP contribution is 2.35. The second-order valence-electron chi connectivity index (χ2n) is 7.91. The second-order valence-corrected chi connectivity index (χ2v) is 7.91. The number of ether oxygens (including phenoxy) is 2. The van der Waals surface area contributed by atoms with Gasteiger partial charge in [-0.25, -0.2) is 4.98 Å². The lowest BCUT2D eigenvalue weighted by Crippen LogP contribution is -2.55. The minimum atomic E-state index is -0.819. The first-order valence-corrected chi connectivity index (χ1v) is 9.75. The Morgan fingerprint density at radius 1 is 1.36 bits per heavy atom. The van der Waals surface area contributed by atoms with Gasteiger partial charge in [-0.05, 0) is 37.5 Å². The molecule has 1 amide bonds. The Balaban J connectivity index is 1.24. The molecule has 2 aliphatic heterocycles. The Labute approximate surface area is 163 Å². The van der Waals surface area contributed by atoms with Crippen LogP contribution in [0, 0.1) is 6.92 Å². The third kappa shape index (κ3) is 4.05. The molecule has 0 saturated carbocycles. The lowest BCUT2D eigenvalue weighted by atomic mass is 9.82. The number of aromatic amines is 1. The van der Waals surface area contributed by atoms with Crippen molar-refractivity contribution >= 4 is 16.9 Å². The number of imidazole rings is 1. The van der Waals surface area contributed by atoms with Crippen molar-refractivity contribution in [1.29, 1.82) is 0 Å². The lowest BCUT2D eigenvalue weighted by molar-refractivity contribution is -0.189. The van der Waals surface area contributed by atoms with E-state index in [0.29, 0.717) is 38.2 Å². The van der Waals surface area contributed by atoms with Gasteiger partial charge in [-0.15, -0.1) is 0 Å². The van der Waals surface area contributed by atoms with Crippen LogP contribution in [0.5, 0.6) is 0 Å². The van der Waals surface area contributed by atoms with Crippen molar-refractivity contribution < 1.29 is 24.5 Å². The third-order valence-electron chi connectivity index (χ3n) is 5.76. The summed E-state index contributed by atoms with van der Waals surface area (Å²) in [6, 6.07) is 6.00. The highest BCUT2D eigenvalue weighted by molar-refractivity contribution is 5.77. The predicted octanol–water partition coefficient (Wildman–Crippen LogP) is 0.891. The minimum Gasteiger partial charge on any atom is -0.390 e. The number of benzene rings is 1. The maximum absolute atomic E-state index is 12.4. The van der Waals surface area contributed by atoms with Crippen molar-refractivity contribution in [2.24, 2.45) is 0 Å². The largest absolute Gasteiger partial charge is 0.390 e. The summed E-state index contributed by atoms with van der Waals surface area (Å²) < 4.78 is 11.4. The number of aliphatic hydroxyl groups excluding tert-OH is 2. The van der Waals surface area contributed by atoms with E-state index in [-0.39, 0.29) is 25.7 Å². The third-order valence-corrected chi connectivity index (χ3v) is 5.76. The molecule has 2 fully saturated rings. The van der Waals surface area contributed by atoms with Gasteiger partial charge in [0.15, 0.2) is 0 Å². The summed E-state index contributed by atoms with van der Waals surface area (Å²) in [6.45, 7) is 3.56. The Hall–Kier alpha value is -2.00. The van der Waals surface area contributed by atoms with Crippen molar-refractivity contribution in [2.45, 2.75) is 50.6 Å². The fraction of sp³-hybridized carbons (Fsp3) is 0.600. The number of fused-ring (bicyclic) bond motifs is 1. The Bertz CT molecular complexity index is 843. The van der Waals surface area contributed by atoms with Gasteiger partial charge in [-0.1, -0.05) is 6.07 Å². The quantitative estimate of drug-likeness (QED) is 0.717. The van der Waals surface area contributed by atoms with Crippen LogP contribution in [0.2, 0.25) is 0 Å². The van der Waals surface area contributed by atoms with Gasteiger partial charge in [0.25, 0.3) is 0 Å². The Kier molecular flexibility index (Phi) is 5.37. The van der Waals surface area contributed by atoms with Crippen LogP contribution in [0.25, 0.3) is 11.0 Å². The molecule has 1 aromatic carbocycles. The van der Waals surface area contributed by atoms with Crippen molar-refractivity contribution in [3.63, 3.8) is 0 Å². The van der Waals surface area contributed by atoms with Crippen LogP contribution >= 0.6 is 0 Å². The standard InChI is InChI=1S/C20H27N3O5/c1-13-2-3-14-15(8-13)22-18(21-14)11-27-12-19(26)23-6-4-20(5-7-23)9-16(24)17(25)10-28-20/h2-3,8,16-17,24-25H,4-7,9-12H2,1H3,(H,21,22)/t16-,17+/m1/s1. The van der Waals surface area contributed by atoms with Crippen LogP contribution in [0.4, 0.5) is 0 Å². The molecular weight excluding hydrogens is 362 g/mol. The molecule has 0 bridgehead atoms. The number of likely N-dealkylation sites (tertiary alicyclic amines) is 1. The SMILES string of the molecule is Cc1ccc2nc(COCC(=O)N3CCC4(CC3)C[C@@H](O)[C@@H](O)CO4)[nH]c2c1. The average Bonchev–Trinajstić information content (AvgIpc) is 3.07. The van der Waals surface area contributed by atoms with Crippen LogP contribution < -0.4 is 0 Å². The van der Waals surface area contributed by atoms with Crippen LogP contribution in [0.15, 0.2) is 18.2 Å². The molecule has 1 spiro atoms. The lowest BCUT2D eigenvalue weighted by Gasteiger charge is -2.46. The van der Waals surface area contributed by atoms with E-state index in [1.165, 1.54) is 0 Å². The molecule has 2 saturated heterocycles. The van der Waals surface area contributed by atoms with Crippen LogP contribution in [0.1, 0.15) is 30.7 Å². The van der Waals surface area contributed by atoms with Gasteiger partial charge >= 0.3 is 0 Å². The summed E-state index contributed by atoms with van der Waals surface area (Å²) >= 11 is 0. The molecule has 3 N–H and O–H groups in total. The number of nitrogens with one attached hydrogen (secondary N) is 1. The van der Waals surface area contributed by atoms with E-state index < -0.39 is 17.8 Å². The molecule has 0 radical (unpaired) electrons. The van der Waals surface area contributed by atoms with Gasteiger partial charge in [0.1, 0.15) is 25.1 Å². The number of carbonyl (C=O) groups is 1. The molecule has 2 aliphatic rings. The van der Waals surface area contributed by atoms with Gasteiger partial charge in [-0.3, -0.25) is 4.79 Å². The number of hydrogen-bond acceptors (Lipinski definition) is 6. The molecule has 3 heterocycles. The Morgan fingerprint density at radius 3 is 2.89 bits per heavy atom. The molecule has 152 valence electrons. The van der Waals surface area contributed by atoms with Crippen molar-refractivity contribution in [3.8, 4) is 0 Å². The normalized spacial score (nSPS) is 24.8. The zero-order chi connectivity index (χ0) is 19.7. The number of amides is 1. The highest BCUT2D eigenvalue weighted by atomic mass is 16.5. The van der Waals surface area contributed by atoms with Crippen molar-refractivity contribution in [1.82, 2.24) is 14.9 Å². The Morgan fingerprint density at radius 2 is 2.14 bits per heavy atom. The molecule has 8 nitrogen and oxygen atoms in total. The summed E-state index contributed by atoms with van der Waals surface area (Å²) in [5.74, 6) is 0.646. The molecule has 1 aromatic heterocycles. The van der Waals surface area contributed by atoms with Gasteiger partial charge in [-0.2, -0.15) is 0 Å². The van der Waals surface area contributed by atoms with E-state index in [1.54, 1.807) is 4.90 Å². The first-order chi connectivity index (χ1) is 13.4. The average molecular weight is 389 g/mol. The maximum atomic E-state index is 12.4. The number of hydrogen-bond donors (Lipinski definition) is 3. The smallest absolute Gasteiger partial charge is 0.248 e. The topological polar surface area (TPSA) is 108 Å². The van der Waals surface area contributed by atoms with Crippen molar-refractivity contribution in [2.75, 3.05) is 26.3 Å². The second kappa shape index (κ2) is 7.79. The number of carbonyl (C=O) groups excluding carboxylic acids is 1.